The van der Waals surface area contributed by atoms with Crippen molar-refractivity contribution in [2.45, 2.75) is 39.2 Å². The van der Waals surface area contributed by atoms with Gasteiger partial charge in [0.15, 0.2) is 11.6 Å². The van der Waals surface area contributed by atoms with Crippen molar-refractivity contribution in [1.82, 2.24) is 24.6 Å². The molecule has 0 saturated heterocycles. The molecule has 0 bridgehead atoms. The Morgan fingerprint density at radius 1 is 1.24 bits per heavy atom. The molecule has 0 aliphatic carbocycles. The summed E-state index contributed by atoms with van der Waals surface area (Å²) in [5, 5.41) is 4.56. The van der Waals surface area contributed by atoms with E-state index in [-0.39, 0.29) is 37.2 Å². The van der Waals surface area contributed by atoms with Crippen LogP contribution in [0.1, 0.15) is 54.2 Å². The Bertz CT molecular complexity index is 1270. The molecule has 1 N–H and O–H groups in total. The van der Waals surface area contributed by atoms with Gasteiger partial charge >= 0.3 is 0 Å². The molecule has 0 atom stereocenters. The van der Waals surface area contributed by atoms with Gasteiger partial charge in [0.1, 0.15) is 5.69 Å². The third kappa shape index (κ3) is 4.60. The molecule has 0 fully saturated rings. The van der Waals surface area contributed by atoms with Gasteiger partial charge in [-0.1, -0.05) is 19.9 Å². The average Bonchev–Trinajstić information content (AvgIpc) is 3.43. The monoisotopic (exact) mass is 469 g/mol. The molecule has 3 heterocycles. The molecule has 4 rings (SSSR count). The highest BCUT2D eigenvalue weighted by atomic mass is 19.1. The molecule has 2 amide bonds. The molecule has 180 valence electrons. The third-order valence-electron chi connectivity index (χ3n) is 6.15. The molecule has 7 nitrogen and oxygen atoms in total. The summed E-state index contributed by atoms with van der Waals surface area (Å²) in [6.45, 7) is 5.17. The van der Waals surface area contributed by atoms with Crippen LogP contribution in [0.5, 0.6) is 0 Å². The fraction of sp³-hybridized carbons (Fsp3) is 0.400. The number of halogens is 2. The van der Waals surface area contributed by atoms with Gasteiger partial charge in [-0.05, 0) is 35.6 Å². The number of hydrogen-bond donors (Lipinski definition) is 1. The number of fused-ring (bicyclic) bond motifs is 1. The van der Waals surface area contributed by atoms with E-state index in [1.807, 2.05) is 26.0 Å². The lowest BCUT2D eigenvalue weighted by molar-refractivity contribution is -0.131. The molecule has 3 aromatic rings. The van der Waals surface area contributed by atoms with Crippen LogP contribution >= 0.6 is 0 Å². The maximum Gasteiger partial charge on any atom is 0.269 e. The van der Waals surface area contributed by atoms with Gasteiger partial charge < -0.3 is 14.8 Å². The molecule has 9 heteroatoms. The number of benzene rings is 1. The van der Waals surface area contributed by atoms with Gasteiger partial charge in [0.25, 0.3) is 5.91 Å². The second kappa shape index (κ2) is 9.40. The summed E-state index contributed by atoms with van der Waals surface area (Å²) in [5.74, 6) is -1.08. The summed E-state index contributed by atoms with van der Waals surface area (Å²) < 4.78 is 30.2. The minimum absolute atomic E-state index is 0.0918. The summed E-state index contributed by atoms with van der Waals surface area (Å²) in [5.41, 5.74) is 2.75. The van der Waals surface area contributed by atoms with E-state index >= 15 is 4.39 Å². The van der Waals surface area contributed by atoms with Crippen LogP contribution in [0.3, 0.4) is 0 Å². The number of carbonyl (C=O) groups is 2. The highest BCUT2D eigenvalue weighted by Crippen LogP contribution is 2.35. The van der Waals surface area contributed by atoms with Crippen LogP contribution in [0, 0.1) is 11.6 Å². The van der Waals surface area contributed by atoms with Crippen LogP contribution in [0.25, 0.3) is 16.5 Å². The number of hydrogen-bond acceptors (Lipinski definition) is 3. The van der Waals surface area contributed by atoms with Gasteiger partial charge in [-0.3, -0.25) is 14.3 Å². The smallest absolute Gasteiger partial charge is 0.269 e. The van der Waals surface area contributed by atoms with E-state index in [4.69, 9.17) is 0 Å². The fourth-order valence-electron chi connectivity index (χ4n) is 4.33. The van der Waals surface area contributed by atoms with Crippen LogP contribution in [-0.4, -0.2) is 63.6 Å². The Labute approximate surface area is 197 Å². The first-order chi connectivity index (χ1) is 16.2. The molecule has 0 saturated carbocycles. The van der Waals surface area contributed by atoms with Crippen LogP contribution in [0.2, 0.25) is 0 Å². The number of nitrogens with zero attached hydrogens (tertiary/aromatic N) is 4. The van der Waals surface area contributed by atoms with E-state index in [0.29, 0.717) is 35.1 Å². The molecule has 0 unspecified atom stereocenters. The highest BCUT2D eigenvalue weighted by molar-refractivity contribution is 6.00. The van der Waals surface area contributed by atoms with Crippen molar-refractivity contribution in [3.8, 4) is 0 Å². The number of aromatic amines is 1. The summed E-state index contributed by atoms with van der Waals surface area (Å²) in [6, 6.07) is 3.55. The topological polar surface area (TPSA) is 74.2 Å². The quantitative estimate of drug-likeness (QED) is 0.589. The van der Waals surface area contributed by atoms with Gasteiger partial charge in [-0.15, -0.1) is 0 Å². The number of H-pyrrole nitrogens is 1. The van der Waals surface area contributed by atoms with Crippen LogP contribution < -0.4 is 0 Å². The predicted molar refractivity (Wildman–Crippen MR) is 126 cm³/mol. The Morgan fingerprint density at radius 3 is 2.65 bits per heavy atom. The van der Waals surface area contributed by atoms with Gasteiger partial charge in [0.2, 0.25) is 5.91 Å². The van der Waals surface area contributed by atoms with Gasteiger partial charge in [0, 0.05) is 51.1 Å². The summed E-state index contributed by atoms with van der Waals surface area (Å²) in [6.07, 6.45) is 5.12. The van der Waals surface area contributed by atoms with Crippen molar-refractivity contribution < 1.29 is 18.4 Å². The maximum absolute atomic E-state index is 15.7. The molecule has 1 aliphatic rings. The lowest BCUT2D eigenvalue weighted by Crippen LogP contribution is -2.36. The second-order valence-corrected chi connectivity index (χ2v) is 9.16. The predicted octanol–water partition coefficient (Wildman–Crippen LogP) is 4.17. The largest absolute Gasteiger partial charge is 0.348 e. The van der Waals surface area contributed by atoms with E-state index in [1.54, 1.807) is 25.1 Å². The number of aryl methyl sites for hydroxylation is 1. The maximum atomic E-state index is 15.7. The number of aromatic nitrogens is 3. The summed E-state index contributed by atoms with van der Waals surface area (Å²) >= 11 is 0. The molecule has 2 aromatic heterocycles. The zero-order valence-electron chi connectivity index (χ0n) is 19.9. The van der Waals surface area contributed by atoms with Crippen molar-refractivity contribution in [2.75, 3.05) is 27.2 Å². The molecule has 1 aromatic carbocycles. The number of rotatable bonds is 6. The SMILES string of the molecule is CC(C)c1cc(C2=CCCN(C(=O)CCn3cc(F)cn3)C2)c(F)c2[nH]c(C(=O)N(C)C)cc12. The second-order valence-electron chi connectivity index (χ2n) is 9.16. The molecular formula is C25H29F2N5O2. The zero-order valence-corrected chi connectivity index (χ0v) is 19.9. The summed E-state index contributed by atoms with van der Waals surface area (Å²) in [7, 11) is 3.31. The van der Waals surface area contributed by atoms with Crippen molar-refractivity contribution >= 4 is 28.3 Å². The molecule has 34 heavy (non-hydrogen) atoms. The van der Waals surface area contributed by atoms with E-state index in [0.717, 1.165) is 17.3 Å². The lowest BCUT2D eigenvalue weighted by atomic mass is 9.92. The van der Waals surface area contributed by atoms with Gasteiger partial charge in [-0.25, -0.2) is 8.78 Å². The van der Waals surface area contributed by atoms with Crippen LogP contribution in [0.4, 0.5) is 8.78 Å². The zero-order chi connectivity index (χ0) is 24.6. The molecule has 0 spiro atoms. The standard InChI is InChI=1S/C25H29F2N5O2/c1-15(2)18-10-19(23(27)24-20(18)11-21(29-24)25(34)30(3)4)16-6-5-8-31(13-16)22(33)7-9-32-14-17(26)12-28-32/h6,10-12,14-15,29H,5,7-9,13H2,1-4H3. The first-order valence-corrected chi connectivity index (χ1v) is 11.4. The Balaban J connectivity index is 1.61. The molecular weight excluding hydrogens is 440 g/mol. The third-order valence-corrected chi connectivity index (χ3v) is 6.15. The lowest BCUT2D eigenvalue weighted by Gasteiger charge is -2.28. The van der Waals surface area contributed by atoms with Crippen LogP contribution in [-0.2, 0) is 11.3 Å². The van der Waals surface area contributed by atoms with Crippen molar-refractivity contribution in [3.05, 3.63) is 59.1 Å². The van der Waals surface area contributed by atoms with Gasteiger partial charge in [0.05, 0.1) is 17.9 Å². The minimum atomic E-state index is -0.442. The van der Waals surface area contributed by atoms with E-state index in [1.165, 1.54) is 15.8 Å². The molecule has 0 radical (unpaired) electrons. The van der Waals surface area contributed by atoms with E-state index in [2.05, 4.69) is 10.1 Å². The Kier molecular flexibility index (Phi) is 6.54. The first kappa shape index (κ1) is 23.7. The van der Waals surface area contributed by atoms with E-state index in [9.17, 15) is 14.0 Å². The average molecular weight is 470 g/mol. The first-order valence-electron chi connectivity index (χ1n) is 11.4. The number of nitrogens with one attached hydrogen (secondary N) is 1. The normalized spacial score (nSPS) is 14.1. The van der Waals surface area contributed by atoms with Gasteiger partial charge in [-0.2, -0.15) is 5.10 Å². The number of carbonyl (C=O) groups excluding carboxylic acids is 2. The van der Waals surface area contributed by atoms with Crippen molar-refractivity contribution in [2.24, 2.45) is 0 Å². The molecule has 1 aliphatic heterocycles. The highest BCUT2D eigenvalue weighted by Gasteiger charge is 2.25. The Hall–Kier alpha value is -3.49. The van der Waals surface area contributed by atoms with E-state index < -0.39 is 11.6 Å². The van der Waals surface area contributed by atoms with Crippen molar-refractivity contribution in [3.63, 3.8) is 0 Å². The Morgan fingerprint density at radius 2 is 2.00 bits per heavy atom. The summed E-state index contributed by atoms with van der Waals surface area (Å²) in [4.78, 5) is 31.4. The van der Waals surface area contributed by atoms with Crippen molar-refractivity contribution in [1.29, 1.82) is 0 Å². The van der Waals surface area contributed by atoms with Crippen LogP contribution in [0.15, 0.2) is 30.6 Å². The fourth-order valence-corrected chi connectivity index (χ4v) is 4.33. The minimum Gasteiger partial charge on any atom is -0.348 e. The number of amides is 2.